The molecule has 1 fully saturated rings. The Labute approximate surface area is 106 Å². The van der Waals surface area contributed by atoms with E-state index in [4.69, 9.17) is 4.74 Å². The SMILES string of the molecule is O=C(NCCCn1ccccc1=O)C1CCOC1. The molecule has 2 rings (SSSR count). The number of ether oxygens (including phenoxy) is 1. The Morgan fingerprint density at radius 1 is 1.50 bits per heavy atom. The molecule has 1 saturated heterocycles. The minimum atomic E-state index is -0.00646. The predicted octanol–water partition coefficient (Wildman–Crippen LogP) is 0.391. The zero-order valence-corrected chi connectivity index (χ0v) is 10.3. The van der Waals surface area contributed by atoms with Crippen LogP contribution >= 0.6 is 0 Å². The van der Waals surface area contributed by atoms with Crippen LogP contribution in [0.25, 0.3) is 0 Å². The molecule has 0 aromatic carbocycles. The van der Waals surface area contributed by atoms with Crippen molar-refractivity contribution in [2.45, 2.75) is 19.4 Å². The quantitative estimate of drug-likeness (QED) is 0.769. The first-order valence-electron chi connectivity index (χ1n) is 6.28. The van der Waals surface area contributed by atoms with Crippen molar-refractivity contribution in [1.82, 2.24) is 9.88 Å². The van der Waals surface area contributed by atoms with Crippen LogP contribution in [0.2, 0.25) is 0 Å². The van der Waals surface area contributed by atoms with Gasteiger partial charge in [-0.05, 0) is 18.9 Å². The summed E-state index contributed by atoms with van der Waals surface area (Å²) in [5.74, 6) is 0.0670. The fraction of sp³-hybridized carbons (Fsp3) is 0.538. The number of pyridine rings is 1. The summed E-state index contributed by atoms with van der Waals surface area (Å²) in [6.45, 7) is 2.43. The number of nitrogens with one attached hydrogen (secondary N) is 1. The van der Waals surface area contributed by atoms with Crippen LogP contribution in [-0.4, -0.2) is 30.2 Å². The van der Waals surface area contributed by atoms with Gasteiger partial charge in [0.15, 0.2) is 0 Å². The molecule has 1 amide bonds. The van der Waals surface area contributed by atoms with Gasteiger partial charge < -0.3 is 14.6 Å². The smallest absolute Gasteiger partial charge is 0.250 e. The highest BCUT2D eigenvalue weighted by atomic mass is 16.5. The van der Waals surface area contributed by atoms with Crippen molar-refractivity contribution in [3.8, 4) is 0 Å². The number of nitrogens with zero attached hydrogens (tertiary/aromatic N) is 1. The van der Waals surface area contributed by atoms with E-state index < -0.39 is 0 Å². The molecular weight excluding hydrogens is 232 g/mol. The molecular formula is C13H18N2O3. The number of rotatable bonds is 5. The maximum atomic E-state index is 11.7. The lowest BCUT2D eigenvalue weighted by Crippen LogP contribution is -2.32. The second-order valence-corrected chi connectivity index (χ2v) is 4.44. The monoisotopic (exact) mass is 250 g/mol. The third-order valence-corrected chi connectivity index (χ3v) is 3.07. The van der Waals surface area contributed by atoms with Crippen LogP contribution in [0, 0.1) is 5.92 Å². The Morgan fingerprint density at radius 3 is 3.11 bits per heavy atom. The Hall–Kier alpha value is -1.62. The highest BCUT2D eigenvalue weighted by Gasteiger charge is 2.22. The summed E-state index contributed by atoms with van der Waals surface area (Å²) in [6, 6.07) is 5.09. The first-order valence-corrected chi connectivity index (χ1v) is 6.28. The van der Waals surface area contributed by atoms with E-state index in [1.165, 1.54) is 6.07 Å². The van der Waals surface area contributed by atoms with Gasteiger partial charge in [0.05, 0.1) is 12.5 Å². The first-order chi connectivity index (χ1) is 8.77. The molecule has 1 unspecified atom stereocenters. The van der Waals surface area contributed by atoms with Crippen LogP contribution in [0.3, 0.4) is 0 Å². The maximum Gasteiger partial charge on any atom is 0.250 e. The summed E-state index contributed by atoms with van der Waals surface area (Å²) < 4.78 is 6.81. The lowest BCUT2D eigenvalue weighted by Gasteiger charge is -2.09. The molecule has 5 heteroatoms. The molecule has 0 bridgehead atoms. The van der Waals surface area contributed by atoms with Gasteiger partial charge in [0.1, 0.15) is 0 Å². The van der Waals surface area contributed by atoms with Gasteiger partial charge in [-0.25, -0.2) is 0 Å². The normalized spacial score (nSPS) is 18.8. The van der Waals surface area contributed by atoms with E-state index in [2.05, 4.69) is 5.32 Å². The molecule has 98 valence electrons. The van der Waals surface area contributed by atoms with E-state index >= 15 is 0 Å². The highest BCUT2D eigenvalue weighted by molar-refractivity contribution is 5.78. The second-order valence-electron chi connectivity index (χ2n) is 4.44. The molecule has 1 aromatic rings. The molecule has 0 saturated carbocycles. The molecule has 0 spiro atoms. The second kappa shape index (κ2) is 6.35. The van der Waals surface area contributed by atoms with Crippen LogP contribution < -0.4 is 10.9 Å². The zero-order valence-electron chi connectivity index (χ0n) is 10.3. The van der Waals surface area contributed by atoms with E-state index in [0.717, 1.165) is 12.8 Å². The van der Waals surface area contributed by atoms with Gasteiger partial charge in [-0.3, -0.25) is 9.59 Å². The minimum absolute atomic E-state index is 0.00412. The molecule has 1 aromatic heterocycles. The van der Waals surface area contributed by atoms with Crippen LogP contribution in [0.1, 0.15) is 12.8 Å². The van der Waals surface area contributed by atoms with E-state index in [0.29, 0.717) is 26.3 Å². The van der Waals surface area contributed by atoms with Gasteiger partial charge in [-0.2, -0.15) is 0 Å². The van der Waals surface area contributed by atoms with Crippen molar-refractivity contribution < 1.29 is 9.53 Å². The number of aromatic nitrogens is 1. The van der Waals surface area contributed by atoms with Gasteiger partial charge in [-0.1, -0.05) is 6.07 Å². The molecule has 2 heterocycles. The largest absolute Gasteiger partial charge is 0.381 e. The third kappa shape index (κ3) is 3.43. The van der Waals surface area contributed by atoms with Crippen LogP contribution in [0.4, 0.5) is 0 Å². The number of aryl methyl sites for hydroxylation is 1. The Bertz CT molecular complexity index is 450. The van der Waals surface area contributed by atoms with Crippen LogP contribution in [-0.2, 0) is 16.1 Å². The van der Waals surface area contributed by atoms with Crippen molar-refractivity contribution in [3.05, 3.63) is 34.7 Å². The summed E-state index contributed by atoms with van der Waals surface area (Å²) in [5.41, 5.74) is -0.00646. The summed E-state index contributed by atoms with van der Waals surface area (Å²) in [6.07, 6.45) is 3.32. The fourth-order valence-corrected chi connectivity index (χ4v) is 1.99. The summed E-state index contributed by atoms with van der Waals surface area (Å²) in [5, 5.41) is 2.88. The number of carbonyl (C=O) groups excluding carboxylic acids is 1. The first kappa shape index (κ1) is 12.8. The summed E-state index contributed by atoms with van der Waals surface area (Å²) >= 11 is 0. The zero-order chi connectivity index (χ0) is 12.8. The van der Waals surface area contributed by atoms with Crippen LogP contribution in [0.5, 0.6) is 0 Å². The number of amides is 1. The molecule has 0 radical (unpaired) electrons. The van der Waals surface area contributed by atoms with Crippen molar-refractivity contribution in [2.24, 2.45) is 5.92 Å². The molecule has 5 nitrogen and oxygen atoms in total. The van der Waals surface area contributed by atoms with Gasteiger partial charge in [0, 0.05) is 32.0 Å². The van der Waals surface area contributed by atoms with Gasteiger partial charge in [0.2, 0.25) is 11.5 Å². The molecule has 1 aliphatic rings. The van der Waals surface area contributed by atoms with Gasteiger partial charge in [-0.15, -0.1) is 0 Å². The molecule has 1 aliphatic heterocycles. The topological polar surface area (TPSA) is 60.3 Å². The van der Waals surface area contributed by atoms with Crippen molar-refractivity contribution in [1.29, 1.82) is 0 Å². The van der Waals surface area contributed by atoms with Gasteiger partial charge in [0.25, 0.3) is 0 Å². The minimum Gasteiger partial charge on any atom is -0.381 e. The van der Waals surface area contributed by atoms with Gasteiger partial charge >= 0.3 is 0 Å². The lowest BCUT2D eigenvalue weighted by atomic mass is 10.1. The maximum absolute atomic E-state index is 11.7. The van der Waals surface area contributed by atoms with E-state index in [1.807, 2.05) is 6.07 Å². The van der Waals surface area contributed by atoms with E-state index in [9.17, 15) is 9.59 Å². The molecule has 0 aliphatic carbocycles. The Morgan fingerprint density at radius 2 is 2.39 bits per heavy atom. The van der Waals surface area contributed by atoms with Crippen molar-refractivity contribution in [2.75, 3.05) is 19.8 Å². The Balaban J connectivity index is 1.68. The average Bonchev–Trinajstić information content (AvgIpc) is 2.90. The molecule has 1 N–H and O–H groups in total. The fourth-order valence-electron chi connectivity index (χ4n) is 1.99. The van der Waals surface area contributed by atoms with E-state index in [1.54, 1.807) is 16.8 Å². The van der Waals surface area contributed by atoms with E-state index in [-0.39, 0.29) is 17.4 Å². The molecule has 1 atom stereocenters. The van der Waals surface area contributed by atoms with Crippen molar-refractivity contribution in [3.63, 3.8) is 0 Å². The summed E-state index contributed by atoms with van der Waals surface area (Å²) in [4.78, 5) is 23.1. The number of carbonyl (C=O) groups is 1. The number of hydrogen-bond donors (Lipinski definition) is 1. The molecule has 18 heavy (non-hydrogen) atoms. The Kier molecular flexibility index (Phi) is 4.52. The lowest BCUT2D eigenvalue weighted by molar-refractivity contribution is -0.124. The standard InChI is InChI=1S/C13H18N2O3/c16-12-4-1-2-7-15(12)8-3-6-14-13(17)11-5-9-18-10-11/h1-2,4,7,11H,3,5-6,8-10H2,(H,14,17). The predicted molar refractivity (Wildman–Crippen MR) is 67.3 cm³/mol. The highest BCUT2D eigenvalue weighted by Crippen LogP contribution is 2.11. The van der Waals surface area contributed by atoms with Crippen LogP contribution in [0.15, 0.2) is 29.2 Å². The third-order valence-electron chi connectivity index (χ3n) is 3.07. The average molecular weight is 250 g/mol. The van der Waals surface area contributed by atoms with Crippen molar-refractivity contribution >= 4 is 5.91 Å². The number of hydrogen-bond acceptors (Lipinski definition) is 3. The summed E-state index contributed by atoms with van der Waals surface area (Å²) in [7, 11) is 0.